The number of carbonyl (C=O) groups excluding carboxylic acids is 1. The van der Waals surface area contributed by atoms with Crippen LogP contribution in [-0.2, 0) is 0 Å². The molecule has 0 amide bonds. The van der Waals surface area contributed by atoms with E-state index >= 15 is 0 Å². The van der Waals surface area contributed by atoms with Crippen LogP contribution in [0.15, 0.2) is 12.1 Å². The number of hydrogen-bond donors (Lipinski definition) is 0. The topological polar surface area (TPSA) is 17.1 Å². The van der Waals surface area contributed by atoms with Crippen molar-refractivity contribution in [2.24, 2.45) is 0 Å². The van der Waals surface area contributed by atoms with Crippen LogP contribution in [0, 0.1) is 11.6 Å². The molecule has 0 aliphatic carbocycles. The number of halogens is 3. The molecule has 5 heteroatoms. The molecular formula is C10H5ClF2OS. The Bertz CT molecular complexity index is 562. The summed E-state index contributed by atoms with van der Waals surface area (Å²) in [5.41, 5.74) is 0. The lowest BCUT2D eigenvalue weighted by Crippen LogP contribution is -1.86. The van der Waals surface area contributed by atoms with Gasteiger partial charge >= 0.3 is 0 Å². The second kappa shape index (κ2) is 3.54. The molecule has 78 valence electrons. The lowest BCUT2D eigenvalue weighted by molar-refractivity contribution is 0.102. The van der Waals surface area contributed by atoms with Gasteiger partial charge in [0, 0.05) is 6.92 Å². The number of hydrogen-bond acceptors (Lipinski definition) is 2. The fourth-order valence-corrected chi connectivity index (χ4v) is 2.82. The van der Waals surface area contributed by atoms with Gasteiger partial charge in [-0.05, 0) is 12.1 Å². The van der Waals surface area contributed by atoms with E-state index in [2.05, 4.69) is 0 Å². The lowest BCUT2D eigenvalue weighted by atomic mass is 10.2. The van der Waals surface area contributed by atoms with Crippen LogP contribution in [0.4, 0.5) is 8.78 Å². The molecule has 0 radical (unpaired) electrons. The summed E-state index contributed by atoms with van der Waals surface area (Å²) in [5.74, 6) is -1.47. The minimum atomic E-state index is -0.611. The summed E-state index contributed by atoms with van der Waals surface area (Å²) in [6, 6.07) is 2.02. The highest BCUT2D eigenvalue weighted by molar-refractivity contribution is 7.21. The smallest absolute Gasteiger partial charge is 0.171 e. The fraction of sp³-hybridized carbons (Fsp3) is 0.100. The molecule has 0 unspecified atom stereocenters. The molecule has 2 rings (SSSR count). The predicted octanol–water partition coefficient (Wildman–Crippen LogP) is 4.04. The summed E-state index contributed by atoms with van der Waals surface area (Å²) in [6.07, 6.45) is 0. The van der Waals surface area contributed by atoms with Crippen molar-refractivity contribution in [3.8, 4) is 0 Å². The maximum atomic E-state index is 13.3. The molecule has 0 N–H and O–H groups in total. The lowest BCUT2D eigenvalue weighted by Gasteiger charge is -1.94. The third kappa shape index (κ3) is 1.54. The summed E-state index contributed by atoms with van der Waals surface area (Å²) in [4.78, 5) is 11.3. The fourth-order valence-electron chi connectivity index (χ4n) is 1.32. The Kier molecular flexibility index (Phi) is 2.48. The Hall–Kier alpha value is -1.00. The van der Waals surface area contributed by atoms with Crippen LogP contribution in [0.3, 0.4) is 0 Å². The number of carbonyl (C=O) groups is 1. The van der Waals surface area contributed by atoms with Gasteiger partial charge in [0.25, 0.3) is 0 Å². The molecule has 1 nitrogen and oxygen atoms in total. The Morgan fingerprint density at radius 3 is 2.47 bits per heavy atom. The van der Waals surface area contributed by atoms with E-state index in [-0.39, 0.29) is 25.8 Å². The minimum Gasteiger partial charge on any atom is -0.294 e. The van der Waals surface area contributed by atoms with Crippen molar-refractivity contribution in [2.45, 2.75) is 6.92 Å². The number of fused-ring (bicyclic) bond motifs is 1. The predicted molar refractivity (Wildman–Crippen MR) is 56.8 cm³/mol. The van der Waals surface area contributed by atoms with E-state index in [4.69, 9.17) is 11.6 Å². The molecule has 2 aromatic rings. The highest BCUT2D eigenvalue weighted by atomic mass is 35.5. The normalized spacial score (nSPS) is 10.9. The molecule has 15 heavy (non-hydrogen) atoms. The van der Waals surface area contributed by atoms with Crippen LogP contribution in [-0.4, -0.2) is 5.78 Å². The van der Waals surface area contributed by atoms with Crippen LogP contribution in [0.2, 0.25) is 5.02 Å². The van der Waals surface area contributed by atoms with Crippen molar-refractivity contribution in [2.75, 3.05) is 0 Å². The second-order valence-corrected chi connectivity index (χ2v) is 4.43. The van der Waals surface area contributed by atoms with Gasteiger partial charge in [0.05, 0.1) is 20.0 Å². The Balaban J connectivity index is 2.93. The summed E-state index contributed by atoms with van der Waals surface area (Å²) < 4.78 is 26.7. The third-order valence-electron chi connectivity index (χ3n) is 2.00. The molecular weight excluding hydrogens is 242 g/mol. The molecule has 0 saturated carbocycles. The number of rotatable bonds is 1. The zero-order valence-corrected chi connectivity index (χ0v) is 9.18. The van der Waals surface area contributed by atoms with Gasteiger partial charge in [0.2, 0.25) is 0 Å². The van der Waals surface area contributed by atoms with Crippen LogP contribution >= 0.6 is 22.9 Å². The highest BCUT2D eigenvalue weighted by Crippen LogP contribution is 2.38. The quantitative estimate of drug-likeness (QED) is 0.694. The molecule has 0 aliphatic rings. The molecule has 0 spiro atoms. The van der Waals surface area contributed by atoms with Crippen LogP contribution in [0.25, 0.3) is 10.1 Å². The van der Waals surface area contributed by atoms with E-state index in [0.29, 0.717) is 0 Å². The van der Waals surface area contributed by atoms with E-state index < -0.39 is 11.6 Å². The standard InChI is InChI=1S/C10H5ClF2OS/c1-4(14)9-8(11)7-5(12)2-3-6(13)10(7)15-9/h2-3H,1H3. The number of ketones is 1. The van der Waals surface area contributed by atoms with Gasteiger partial charge in [-0.2, -0.15) is 0 Å². The average Bonchev–Trinajstić information content (AvgIpc) is 2.51. The molecule has 0 fully saturated rings. The first-order valence-corrected chi connectivity index (χ1v) is 5.28. The van der Waals surface area contributed by atoms with Crippen LogP contribution in [0.5, 0.6) is 0 Å². The van der Waals surface area contributed by atoms with E-state index in [1.807, 2.05) is 0 Å². The van der Waals surface area contributed by atoms with Crippen molar-refractivity contribution >= 4 is 38.8 Å². The number of Topliss-reactive ketones (excluding diaryl/α,β-unsaturated/α-hetero) is 1. The summed E-state index contributed by atoms with van der Waals surface area (Å²) in [5, 5.41) is -0.00799. The first kappa shape index (κ1) is 10.5. The van der Waals surface area contributed by atoms with Gasteiger partial charge in [-0.15, -0.1) is 11.3 Å². The molecule has 0 aliphatic heterocycles. The monoisotopic (exact) mass is 246 g/mol. The van der Waals surface area contributed by atoms with Crippen molar-refractivity contribution in [1.82, 2.24) is 0 Å². The van der Waals surface area contributed by atoms with E-state index in [1.54, 1.807) is 0 Å². The largest absolute Gasteiger partial charge is 0.294 e. The Morgan fingerprint density at radius 1 is 1.33 bits per heavy atom. The summed E-state index contributed by atoms with van der Waals surface area (Å²) >= 11 is 6.69. The van der Waals surface area contributed by atoms with Crippen LogP contribution < -0.4 is 0 Å². The maximum Gasteiger partial charge on any atom is 0.171 e. The number of thiophene rings is 1. The van der Waals surface area contributed by atoms with Gasteiger partial charge in [-0.3, -0.25) is 4.79 Å². The van der Waals surface area contributed by atoms with Crippen molar-refractivity contribution < 1.29 is 13.6 Å². The van der Waals surface area contributed by atoms with Crippen molar-refractivity contribution in [3.63, 3.8) is 0 Å². The molecule has 0 saturated heterocycles. The van der Waals surface area contributed by atoms with E-state index in [9.17, 15) is 13.6 Å². The average molecular weight is 247 g/mol. The molecule has 1 aromatic carbocycles. The van der Waals surface area contributed by atoms with Gasteiger partial charge < -0.3 is 0 Å². The first-order chi connectivity index (χ1) is 7.02. The highest BCUT2D eigenvalue weighted by Gasteiger charge is 2.19. The van der Waals surface area contributed by atoms with Crippen molar-refractivity contribution in [1.29, 1.82) is 0 Å². The molecule has 1 aromatic heterocycles. The minimum absolute atomic E-state index is 0.000463. The Morgan fingerprint density at radius 2 is 1.93 bits per heavy atom. The molecule has 1 heterocycles. The van der Waals surface area contributed by atoms with Gasteiger partial charge in [0.1, 0.15) is 11.6 Å². The first-order valence-electron chi connectivity index (χ1n) is 4.09. The third-order valence-corrected chi connectivity index (χ3v) is 3.79. The zero-order chi connectivity index (χ0) is 11.2. The van der Waals surface area contributed by atoms with E-state index in [0.717, 1.165) is 23.5 Å². The van der Waals surface area contributed by atoms with Gasteiger partial charge in [-0.25, -0.2) is 8.78 Å². The summed E-state index contributed by atoms with van der Waals surface area (Å²) in [6.45, 7) is 1.31. The summed E-state index contributed by atoms with van der Waals surface area (Å²) in [7, 11) is 0. The van der Waals surface area contributed by atoms with E-state index in [1.165, 1.54) is 6.92 Å². The molecule has 0 atom stereocenters. The zero-order valence-electron chi connectivity index (χ0n) is 7.61. The maximum absolute atomic E-state index is 13.3. The van der Waals surface area contributed by atoms with Crippen molar-refractivity contribution in [3.05, 3.63) is 33.7 Å². The molecule has 0 bridgehead atoms. The SMILES string of the molecule is CC(=O)c1sc2c(F)ccc(F)c2c1Cl. The number of benzene rings is 1. The van der Waals surface area contributed by atoms with Gasteiger partial charge in [0.15, 0.2) is 5.78 Å². The van der Waals surface area contributed by atoms with Gasteiger partial charge in [-0.1, -0.05) is 11.6 Å². The second-order valence-electron chi connectivity index (χ2n) is 3.03. The van der Waals surface area contributed by atoms with Crippen LogP contribution in [0.1, 0.15) is 16.6 Å². The Labute approximate surface area is 93.3 Å².